The number of guanidine groups is 1. The summed E-state index contributed by atoms with van der Waals surface area (Å²) < 4.78 is 1.97. The van der Waals surface area contributed by atoms with Crippen molar-refractivity contribution < 1.29 is 0 Å². The average molecular weight is 507 g/mol. The zero-order valence-corrected chi connectivity index (χ0v) is 21.8. The number of halogens is 1. The van der Waals surface area contributed by atoms with Crippen LogP contribution in [0.4, 0.5) is 0 Å². The molecule has 0 aliphatic carbocycles. The zero-order valence-electron chi connectivity index (χ0n) is 19.5. The lowest BCUT2D eigenvalue weighted by molar-refractivity contribution is 0.206. The van der Waals surface area contributed by atoms with E-state index in [-0.39, 0.29) is 30.0 Å². The molecule has 0 amide bonds. The second-order valence-corrected chi connectivity index (χ2v) is 7.85. The fraction of sp³-hybridized carbons (Fsp3) is 0.810. The molecule has 0 spiro atoms. The van der Waals surface area contributed by atoms with E-state index in [0.29, 0.717) is 12.0 Å². The van der Waals surface area contributed by atoms with E-state index < -0.39 is 0 Å². The lowest BCUT2D eigenvalue weighted by Gasteiger charge is -2.30. The Kier molecular flexibility index (Phi) is 13.0. The van der Waals surface area contributed by atoms with Crippen LogP contribution in [0.25, 0.3) is 0 Å². The van der Waals surface area contributed by atoms with Crippen LogP contribution in [0.5, 0.6) is 0 Å². The monoisotopic (exact) mass is 506 g/mol. The normalized spacial score (nSPS) is 14.2. The van der Waals surface area contributed by atoms with Crippen LogP contribution in [0, 0.1) is 19.8 Å². The first-order valence-corrected chi connectivity index (χ1v) is 10.4. The van der Waals surface area contributed by atoms with E-state index in [0.717, 1.165) is 31.2 Å². The number of aromatic nitrogens is 2. The highest BCUT2D eigenvalue weighted by Gasteiger charge is 2.21. The van der Waals surface area contributed by atoms with Crippen molar-refractivity contribution in [2.75, 3.05) is 27.2 Å². The fourth-order valence-corrected chi connectivity index (χ4v) is 3.78. The third kappa shape index (κ3) is 7.89. The second kappa shape index (κ2) is 13.4. The van der Waals surface area contributed by atoms with Gasteiger partial charge in [0.15, 0.2) is 5.96 Å². The van der Waals surface area contributed by atoms with Crippen molar-refractivity contribution in [3.8, 4) is 0 Å². The maximum Gasteiger partial charge on any atom is 0.191 e. The molecule has 28 heavy (non-hydrogen) atoms. The first-order valence-electron chi connectivity index (χ1n) is 10.4. The van der Waals surface area contributed by atoms with Crippen LogP contribution in [-0.4, -0.2) is 59.9 Å². The van der Waals surface area contributed by atoms with Crippen molar-refractivity contribution in [2.45, 2.75) is 72.9 Å². The van der Waals surface area contributed by atoms with Crippen LogP contribution in [0.3, 0.4) is 0 Å². The van der Waals surface area contributed by atoms with Gasteiger partial charge in [0.2, 0.25) is 0 Å². The van der Waals surface area contributed by atoms with Crippen LogP contribution < -0.4 is 10.6 Å². The highest BCUT2D eigenvalue weighted by Crippen LogP contribution is 2.17. The lowest BCUT2D eigenvalue weighted by atomic mass is 9.93. The number of hydrogen-bond acceptors (Lipinski definition) is 3. The van der Waals surface area contributed by atoms with E-state index in [4.69, 9.17) is 4.99 Å². The number of nitrogens with one attached hydrogen (secondary N) is 2. The Morgan fingerprint density at radius 1 is 1.18 bits per heavy atom. The van der Waals surface area contributed by atoms with Crippen molar-refractivity contribution in [2.24, 2.45) is 18.0 Å². The summed E-state index contributed by atoms with van der Waals surface area (Å²) in [4.78, 5) is 7.23. The van der Waals surface area contributed by atoms with Crippen molar-refractivity contribution >= 4 is 29.9 Å². The predicted octanol–water partition coefficient (Wildman–Crippen LogP) is 3.51. The molecule has 6 nitrogen and oxygen atoms in total. The molecule has 2 unspecified atom stereocenters. The molecule has 0 aromatic carbocycles. The molecule has 0 saturated heterocycles. The number of hydrogen-bond donors (Lipinski definition) is 2. The van der Waals surface area contributed by atoms with Gasteiger partial charge in [0.05, 0.1) is 12.2 Å². The second-order valence-electron chi connectivity index (χ2n) is 7.85. The highest BCUT2D eigenvalue weighted by molar-refractivity contribution is 14.0. The molecule has 1 heterocycles. The Morgan fingerprint density at radius 3 is 2.21 bits per heavy atom. The largest absolute Gasteiger partial charge is 0.357 e. The molecule has 2 atom stereocenters. The lowest BCUT2D eigenvalue weighted by Crippen LogP contribution is -2.45. The van der Waals surface area contributed by atoms with Gasteiger partial charge in [-0.05, 0) is 59.7 Å². The van der Waals surface area contributed by atoms with Gasteiger partial charge >= 0.3 is 0 Å². The van der Waals surface area contributed by atoms with Gasteiger partial charge in [-0.3, -0.25) is 9.67 Å². The molecule has 0 radical (unpaired) electrons. The molecule has 164 valence electrons. The van der Waals surface area contributed by atoms with E-state index in [1.54, 1.807) is 0 Å². The van der Waals surface area contributed by atoms with Crippen LogP contribution >= 0.6 is 24.0 Å². The predicted molar refractivity (Wildman–Crippen MR) is 132 cm³/mol. The van der Waals surface area contributed by atoms with Gasteiger partial charge < -0.3 is 15.5 Å². The summed E-state index contributed by atoms with van der Waals surface area (Å²) in [5, 5.41) is 11.5. The van der Waals surface area contributed by atoms with Gasteiger partial charge in [-0.15, -0.1) is 24.0 Å². The number of aryl methyl sites for hydroxylation is 2. The van der Waals surface area contributed by atoms with E-state index in [1.807, 2.05) is 11.7 Å². The van der Waals surface area contributed by atoms with Gasteiger partial charge in [0.25, 0.3) is 0 Å². The molecule has 0 saturated carbocycles. The smallest absolute Gasteiger partial charge is 0.191 e. The van der Waals surface area contributed by atoms with Crippen molar-refractivity contribution in [1.29, 1.82) is 0 Å². The topological polar surface area (TPSA) is 57.5 Å². The Morgan fingerprint density at radius 2 is 1.79 bits per heavy atom. The summed E-state index contributed by atoms with van der Waals surface area (Å²) in [5.41, 5.74) is 3.69. The van der Waals surface area contributed by atoms with E-state index in [1.165, 1.54) is 24.1 Å². The minimum atomic E-state index is 0. The molecular weight excluding hydrogens is 463 g/mol. The summed E-state index contributed by atoms with van der Waals surface area (Å²) in [6.45, 7) is 14.8. The Bertz CT molecular complexity index is 592. The minimum absolute atomic E-state index is 0. The SMILES string of the molecule is CCNC(=NCC(C(CC)CC)N(C)C)NC(C)Cc1c(C)nn(C)c1C.I. The highest BCUT2D eigenvalue weighted by atomic mass is 127. The molecule has 1 aromatic heterocycles. The Hall–Kier alpha value is -0.830. The first kappa shape index (κ1) is 27.2. The van der Waals surface area contributed by atoms with Gasteiger partial charge in [-0.2, -0.15) is 5.10 Å². The third-order valence-corrected chi connectivity index (χ3v) is 5.59. The molecular formula is C21H43IN6. The Labute approximate surface area is 190 Å². The van der Waals surface area contributed by atoms with E-state index in [2.05, 4.69) is 76.3 Å². The van der Waals surface area contributed by atoms with Gasteiger partial charge in [0.1, 0.15) is 0 Å². The first-order chi connectivity index (χ1) is 12.7. The van der Waals surface area contributed by atoms with Gasteiger partial charge in [-0.1, -0.05) is 26.7 Å². The van der Waals surface area contributed by atoms with Crippen molar-refractivity contribution in [3.63, 3.8) is 0 Å². The summed E-state index contributed by atoms with van der Waals surface area (Å²) >= 11 is 0. The van der Waals surface area contributed by atoms with Crippen LogP contribution in [0.1, 0.15) is 57.5 Å². The van der Waals surface area contributed by atoms with E-state index in [9.17, 15) is 0 Å². The summed E-state index contributed by atoms with van der Waals surface area (Å²) in [5.74, 6) is 1.58. The molecule has 0 bridgehead atoms. The minimum Gasteiger partial charge on any atom is -0.357 e. The summed E-state index contributed by atoms with van der Waals surface area (Å²) in [7, 11) is 6.33. The van der Waals surface area contributed by atoms with Crippen LogP contribution in [-0.2, 0) is 13.5 Å². The van der Waals surface area contributed by atoms with Crippen molar-refractivity contribution in [3.05, 3.63) is 17.0 Å². The molecule has 1 rings (SSSR count). The maximum absolute atomic E-state index is 4.92. The molecule has 0 aliphatic heterocycles. The number of rotatable bonds is 10. The molecule has 1 aromatic rings. The molecule has 2 N–H and O–H groups in total. The van der Waals surface area contributed by atoms with Gasteiger partial charge in [0, 0.05) is 31.4 Å². The third-order valence-electron chi connectivity index (χ3n) is 5.59. The standard InChI is InChI=1S/C21H42N6.HI/c1-10-18(11-2)20(26(7)8)14-23-21(22-12-3)24-15(4)13-19-16(5)25-27(9)17(19)6;/h15,18,20H,10-14H2,1-9H3,(H2,22,23,24);1H. The van der Waals surface area contributed by atoms with Crippen molar-refractivity contribution in [1.82, 2.24) is 25.3 Å². The number of likely N-dealkylation sites (N-methyl/N-ethyl adjacent to an activating group) is 1. The number of nitrogens with zero attached hydrogens (tertiary/aromatic N) is 4. The molecule has 0 fully saturated rings. The zero-order chi connectivity index (χ0) is 20.6. The quantitative estimate of drug-likeness (QED) is 0.290. The maximum atomic E-state index is 4.92. The van der Waals surface area contributed by atoms with E-state index >= 15 is 0 Å². The number of aliphatic imine (C=N–C) groups is 1. The van der Waals surface area contributed by atoms with Crippen LogP contribution in [0.15, 0.2) is 4.99 Å². The molecule has 7 heteroatoms. The fourth-order valence-electron chi connectivity index (χ4n) is 3.78. The van der Waals surface area contributed by atoms with Gasteiger partial charge in [-0.25, -0.2) is 0 Å². The Balaban J connectivity index is 0.00000729. The molecule has 0 aliphatic rings. The summed E-state index contributed by atoms with van der Waals surface area (Å²) in [6.07, 6.45) is 3.32. The summed E-state index contributed by atoms with van der Waals surface area (Å²) in [6, 6.07) is 0.754. The van der Waals surface area contributed by atoms with Crippen LogP contribution in [0.2, 0.25) is 0 Å². The average Bonchev–Trinajstić information content (AvgIpc) is 2.84.